The van der Waals surface area contributed by atoms with Crippen LogP contribution in [0.5, 0.6) is 0 Å². The first-order valence-corrected chi connectivity index (χ1v) is 17.2. The van der Waals surface area contributed by atoms with Crippen LogP contribution in [0.4, 0.5) is 15.3 Å². The molecule has 0 aliphatic carbocycles. The standard InChI is InChI=1S/C32H35ClN4O8S2/c1-30(2,3)36-47(42,43)35-26(22-16-20(10-11-23(22)33)37(28(38)39)29(40)41)25-14-18-8-7-9-21(27(18)46-25)24-15-19(12-13-34-24)32(6)17-44-31(4,5)45-32/h7-16,26,35-36H,17H2,1-6H3,(H,38,39)(H,40,41). The van der Waals surface area contributed by atoms with Crippen molar-refractivity contribution >= 4 is 61.1 Å². The fraction of sp³-hybridized carbons (Fsp3) is 0.344. The lowest BCUT2D eigenvalue weighted by Gasteiger charge is -2.25. The van der Waals surface area contributed by atoms with Crippen LogP contribution in [0.15, 0.2) is 60.8 Å². The van der Waals surface area contributed by atoms with Crippen molar-refractivity contribution in [2.45, 2.75) is 64.5 Å². The number of benzene rings is 2. The smallest absolute Gasteiger partial charge is 0.421 e. The highest BCUT2D eigenvalue weighted by Gasteiger charge is 2.43. The first-order chi connectivity index (χ1) is 21.8. The number of hydrogen-bond acceptors (Lipinski definition) is 8. The highest BCUT2D eigenvalue weighted by molar-refractivity contribution is 7.87. The molecule has 1 aliphatic rings. The summed E-state index contributed by atoms with van der Waals surface area (Å²) in [6, 6.07) is 14.0. The molecular formula is C32H35ClN4O8S2. The molecule has 2 unspecified atom stereocenters. The molecule has 1 fully saturated rings. The van der Waals surface area contributed by atoms with Crippen molar-refractivity contribution in [2.24, 2.45) is 0 Å². The molecule has 0 saturated carbocycles. The third-order valence-corrected chi connectivity index (χ3v) is 10.3. The molecule has 2 amide bonds. The van der Waals surface area contributed by atoms with Gasteiger partial charge in [-0.05, 0) is 94.5 Å². The number of nitrogens with one attached hydrogen (secondary N) is 2. The molecule has 4 N–H and O–H groups in total. The summed E-state index contributed by atoms with van der Waals surface area (Å²) in [5.41, 5.74) is 0.732. The fourth-order valence-electron chi connectivity index (χ4n) is 5.45. The van der Waals surface area contributed by atoms with E-state index in [4.69, 9.17) is 21.1 Å². The molecule has 3 heterocycles. The van der Waals surface area contributed by atoms with Crippen LogP contribution < -0.4 is 14.3 Å². The second-order valence-electron chi connectivity index (χ2n) is 12.8. The first-order valence-electron chi connectivity index (χ1n) is 14.5. The summed E-state index contributed by atoms with van der Waals surface area (Å²) in [6.45, 7) is 11.1. The number of aromatic nitrogens is 1. The number of imide groups is 1. The van der Waals surface area contributed by atoms with Gasteiger partial charge in [0.25, 0.3) is 10.2 Å². The van der Waals surface area contributed by atoms with Gasteiger partial charge in [-0.1, -0.05) is 29.8 Å². The Balaban J connectivity index is 1.65. The molecule has 0 bridgehead atoms. The lowest BCUT2D eigenvalue weighted by molar-refractivity contribution is -0.159. The lowest BCUT2D eigenvalue weighted by Crippen LogP contribution is -2.48. The van der Waals surface area contributed by atoms with Crippen LogP contribution in [0.25, 0.3) is 21.3 Å². The largest absolute Gasteiger partial charge is 0.464 e. The Morgan fingerprint density at radius 2 is 1.77 bits per heavy atom. The predicted molar refractivity (Wildman–Crippen MR) is 180 cm³/mol. The average Bonchev–Trinajstić information content (AvgIpc) is 3.51. The van der Waals surface area contributed by atoms with Gasteiger partial charge in [-0.25, -0.2) is 9.59 Å². The number of anilines is 1. The molecule has 0 spiro atoms. The summed E-state index contributed by atoms with van der Waals surface area (Å²) in [5, 5.41) is 20.0. The van der Waals surface area contributed by atoms with Crippen molar-refractivity contribution in [2.75, 3.05) is 11.5 Å². The van der Waals surface area contributed by atoms with Gasteiger partial charge in [0.1, 0.15) is 5.60 Å². The van der Waals surface area contributed by atoms with Crippen LogP contribution in [-0.4, -0.2) is 53.7 Å². The van der Waals surface area contributed by atoms with Crippen LogP contribution in [0, 0.1) is 0 Å². The van der Waals surface area contributed by atoms with E-state index in [1.807, 2.05) is 57.2 Å². The molecule has 1 saturated heterocycles. The normalized spacial score (nSPS) is 18.7. The molecule has 5 rings (SSSR count). The number of nitrogens with zero attached hydrogens (tertiary/aromatic N) is 2. The third-order valence-electron chi connectivity index (χ3n) is 7.31. The molecule has 15 heteroatoms. The number of halogens is 1. The van der Waals surface area contributed by atoms with E-state index in [2.05, 4.69) is 14.4 Å². The topological polar surface area (TPSA) is 167 Å². The summed E-state index contributed by atoms with van der Waals surface area (Å²) in [7, 11) is -4.18. The number of amides is 2. The molecule has 4 aromatic rings. The summed E-state index contributed by atoms with van der Waals surface area (Å²) in [5.74, 6) is -0.740. The minimum absolute atomic E-state index is 0.0925. The molecule has 2 aromatic carbocycles. The Bertz CT molecular complexity index is 1960. The average molecular weight is 703 g/mol. The van der Waals surface area contributed by atoms with E-state index in [-0.39, 0.29) is 21.2 Å². The zero-order valence-corrected chi connectivity index (χ0v) is 28.9. The minimum atomic E-state index is -4.18. The zero-order valence-electron chi connectivity index (χ0n) is 26.5. The number of pyridine rings is 1. The molecule has 1 aliphatic heterocycles. The SMILES string of the molecule is CC(C)(C)NS(=O)(=O)NC(c1cc2cccc(-c3cc(C4(C)COC(C)(C)O4)ccn3)c2s1)c1cc(N(C(=O)O)C(=O)O)ccc1Cl. The molecule has 2 aromatic heterocycles. The third kappa shape index (κ3) is 7.59. The van der Waals surface area contributed by atoms with Crippen LogP contribution in [0.1, 0.15) is 63.6 Å². The number of carbonyl (C=O) groups is 2. The number of carboxylic acid groups (broad SMARTS) is 2. The van der Waals surface area contributed by atoms with Crippen molar-refractivity contribution < 1.29 is 37.7 Å². The van der Waals surface area contributed by atoms with Crippen molar-refractivity contribution in [1.29, 1.82) is 0 Å². The van der Waals surface area contributed by atoms with E-state index in [0.717, 1.165) is 21.2 Å². The lowest BCUT2D eigenvalue weighted by atomic mass is 9.96. The summed E-state index contributed by atoms with van der Waals surface area (Å²) in [4.78, 5) is 28.8. The van der Waals surface area contributed by atoms with Crippen LogP contribution in [0.3, 0.4) is 0 Å². The number of rotatable bonds is 8. The van der Waals surface area contributed by atoms with Gasteiger partial charge >= 0.3 is 12.2 Å². The Hall–Kier alpha value is -3.63. The second kappa shape index (κ2) is 12.4. The monoisotopic (exact) mass is 702 g/mol. The van der Waals surface area contributed by atoms with Crippen molar-refractivity contribution in [3.8, 4) is 11.3 Å². The number of thiophene rings is 1. The van der Waals surface area contributed by atoms with Gasteiger partial charge in [-0.2, -0.15) is 22.8 Å². The van der Waals surface area contributed by atoms with E-state index in [9.17, 15) is 28.2 Å². The van der Waals surface area contributed by atoms with Gasteiger partial charge in [-0.15, -0.1) is 11.3 Å². The summed E-state index contributed by atoms with van der Waals surface area (Å²) < 4.78 is 44.9. The van der Waals surface area contributed by atoms with Gasteiger partial charge in [0.15, 0.2) is 5.79 Å². The number of hydrogen-bond donors (Lipinski definition) is 4. The number of fused-ring (bicyclic) bond motifs is 1. The minimum Gasteiger partial charge on any atom is -0.464 e. The van der Waals surface area contributed by atoms with Gasteiger partial charge in [0, 0.05) is 31.9 Å². The van der Waals surface area contributed by atoms with E-state index in [1.54, 1.807) is 27.0 Å². The van der Waals surface area contributed by atoms with Crippen molar-refractivity contribution in [3.05, 3.63) is 81.8 Å². The van der Waals surface area contributed by atoms with Crippen molar-refractivity contribution in [1.82, 2.24) is 14.4 Å². The Kier molecular flexibility index (Phi) is 9.18. The zero-order chi connectivity index (χ0) is 34.5. The van der Waals surface area contributed by atoms with Gasteiger partial charge in [-0.3, -0.25) is 4.98 Å². The maximum absolute atomic E-state index is 13.4. The summed E-state index contributed by atoms with van der Waals surface area (Å²) in [6.07, 6.45) is -1.76. The van der Waals surface area contributed by atoms with Gasteiger partial charge < -0.3 is 19.7 Å². The maximum atomic E-state index is 13.4. The van der Waals surface area contributed by atoms with E-state index >= 15 is 0 Å². The first kappa shape index (κ1) is 34.7. The van der Waals surface area contributed by atoms with Crippen LogP contribution in [-0.2, 0) is 25.3 Å². The van der Waals surface area contributed by atoms with Gasteiger partial charge in [0.2, 0.25) is 0 Å². The Morgan fingerprint density at radius 1 is 1.06 bits per heavy atom. The fourth-order valence-corrected chi connectivity index (χ4v) is 8.43. The quantitative estimate of drug-likeness (QED) is 0.150. The number of ether oxygens (including phenoxy) is 2. The Labute approximate surface area is 281 Å². The molecule has 47 heavy (non-hydrogen) atoms. The van der Waals surface area contributed by atoms with E-state index in [0.29, 0.717) is 17.2 Å². The summed E-state index contributed by atoms with van der Waals surface area (Å²) >= 11 is 7.91. The molecule has 0 radical (unpaired) electrons. The highest BCUT2D eigenvalue weighted by Crippen LogP contribution is 2.43. The van der Waals surface area contributed by atoms with E-state index < -0.39 is 45.4 Å². The molecule has 12 nitrogen and oxygen atoms in total. The van der Waals surface area contributed by atoms with Crippen molar-refractivity contribution in [3.63, 3.8) is 0 Å². The second-order valence-corrected chi connectivity index (χ2v) is 15.8. The highest BCUT2D eigenvalue weighted by atomic mass is 35.5. The molecule has 2 atom stereocenters. The Morgan fingerprint density at radius 3 is 2.38 bits per heavy atom. The van der Waals surface area contributed by atoms with Crippen LogP contribution in [0.2, 0.25) is 5.02 Å². The molecule has 250 valence electrons. The predicted octanol–water partition coefficient (Wildman–Crippen LogP) is 7.09. The van der Waals surface area contributed by atoms with Gasteiger partial charge in [0.05, 0.1) is 24.0 Å². The molecular weight excluding hydrogens is 668 g/mol. The maximum Gasteiger partial charge on any atom is 0.421 e. The van der Waals surface area contributed by atoms with Crippen LogP contribution >= 0.6 is 22.9 Å². The van der Waals surface area contributed by atoms with E-state index in [1.165, 1.54) is 29.5 Å².